The molecule has 0 fully saturated rings. The Labute approximate surface area is 180 Å². The summed E-state index contributed by atoms with van der Waals surface area (Å²) in [5.74, 6) is 0.358. The summed E-state index contributed by atoms with van der Waals surface area (Å²) < 4.78 is 5.80. The Morgan fingerprint density at radius 3 is 2.20 bits per heavy atom. The first kappa shape index (κ1) is 23.5. The van der Waals surface area contributed by atoms with E-state index in [-0.39, 0.29) is 24.5 Å². The summed E-state index contributed by atoms with van der Waals surface area (Å²) in [4.78, 5) is 27.8. The molecular formula is C25H34N2O3. The third-order valence-electron chi connectivity index (χ3n) is 5.43. The summed E-state index contributed by atoms with van der Waals surface area (Å²) >= 11 is 0. The van der Waals surface area contributed by atoms with Crippen molar-refractivity contribution in [3.05, 3.63) is 65.2 Å². The molecule has 2 atom stereocenters. The third kappa shape index (κ3) is 6.34. The van der Waals surface area contributed by atoms with E-state index in [0.29, 0.717) is 18.7 Å². The van der Waals surface area contributed by atoms with Crippen molar-refractivity contribution in [1.82, 2.24) is 10.2 Å². The van der Waals surface area contributed by atoms with Gasteiger partial charge in [-0.15, -0.1) is 0 Å². The topological polar surface area (TPSA) is 58.6 Å². The Morgan fingerprint density at radius 1 is 0.967 bits per heavy atom. The van der Waals surface area contributed by atoms with Crippen LogP contribution in [0.1, 0.15) is 50.3 Å². The summed E-state index contributed by atoms with van der Waals surface area (Å²) in [6.45, 7) is 10.2. The number of para-hydroxylation sites is 1. The molecule has 0 saturated carbocycles. The number of benzene rings is 2. The number of carbonyl (C=O) groups is 2. The molecule has 1 N–H and O–H groups in total. The van der Waals surface area contributed by atoms with E-state index < -0.39 is 6.04 Å². The first-order valence-corrected chi connectivity index (χ1v) is 10.7. The van der Waals surface area contributed by atoms with Gasteiger partial charge in [-0.25, -0.2) is 0 Å². The minimum atomic E-state index is -0.549. The highest BCUT2D eigenvalue weighted by atomic mass is 16.5. The van der Waals surface area contributed by atoms with Crippen LogP contribution >= 0.6 is 0 Å². The summed E-state index contributed by atoms with van der Waals surface area (Å²) in [7, 11) is 0. The van der Waals surface area contributed by atoms with Gasteiger partial charge in [-0.3, -0.25) is 9.59 Å². The molecule has 0 aliphatic rings. The van der Waals surface area contributed by atoms with Gasteiger partial charge in [0.25, 0.3) is 5.91 Å². The van der Waals surface area contributed by atoms with Gasteiger partial charge >= 0.3 is 0 Å². The maximum Gasteiger partial charge on any atom is 0.261 e. The number of hydrogen-bond acceptors (Lipinski definition) is 3. The van der Waals surface area contributed by atoms with Crippen molar-refractivity contribution in [2.45, 2.75) is 66.1 Å². The van der Waals surface area contributed by atoms with E-state index in [2.05, 4.69) is 5.32 Å². The molecule has 0 heterocycles. The summed E-state index contributed by atoms with van der Waals surface area (Å²) in [5.41, 5.74) is 3.08. The number of rotatable bonds is 10. The molecule has 0 aliphatic heterocycles. The Hall–Kier alpha value is -2.82. The van der Waals surface area contributed by atoms with E-state index in [9.17, 15) is 9.59 Å². The Balaban J connectivity index is 2.24. The van der Waals surface area contributed by atoms with Gasteiger partial charge in [0.15, 0.2) is 6.61 Å². The third-order valence-corrected chi connectivity index (χ3v) is 5.43. The predicted molar refractivity (Wildman–Crippen MR) is 120 cm³/mol. The normalized spacial score (nSPS) is 12.7. The van der Waals surface area contributed by atoms with Crippen molar-refractivity contribution in [2.75, 3.05) is 6.61 Å². The smallest absolute Gasteiger partial charge is 0.261 e. The van der Waals surface area contributed by atoms with Crippen LogP contribution in [0.5, 0.6) is 5.75 Å². The second-order valence-electron chi connectivity index (χ2n) is 7.74. The summed E-state index contributed by atoms with van der Waals surface area (Å²) in [5, 5.41) is 3.03. The molecule has 2 aromatic rings. The molecule has 5 nitrogen and oxygen atoms in total. The van der Waals surface area contributed by atoms with Gasteiger partial charge in [0.05, 0.1) is 0 Å². The molecular weight excluding hydrogens is 376 g/mol. The maximum atomic E-state index is 13.2. The fourth-order valence-electron chi connectivity index (χ4n) is 3.27. The zero-order valence-corrected chi connectivity index (χ0v) is 18.8. The summed E-state index contributed by atoms with van der Waals surface area (Å²) in [6.07, 6.45) is 1.37. The van der Waals surface area contributed by atoms with Crippen LogP contribution in [0.2, 0.25) is 0 Å². The van der Waals surface area contributed by atoms with Crippen LogP contribution in [0, 0.1) is 13.8 Å². The highest BCUT2D eigenvalue weighted by Crippen LogP contribution is 2.19. The highest BCUT2D eigenvalue weighted by molar-refractivity contribution is 5.88. The zero-order chi connectivity index (χ0) is 22.1. The number of aryl methyl sites for hydroxylation is 2. The highest BCUT2D eigenvalue weighted by Gasteiger charge is 2.29. The molecule has 0 radical (unpaired) electrons. The average molecular weight is 411 g/mol. The van der Waals surface area contributed by atoms with Gasteiger partial charge in [-0.05, 0) is 56.4 Å². The lowest BCUT2D eigenvalue weighted by Crippen LogP contribution is -2.51. The second kappa shape index (κ2) is 11.4. The Morgan fingerprint density at radius 2 is 1.60 bits per heavy atom. The Kier molecular flexibility index (Phi) is 8.90. The molecule has 0 spiro atoms. The monoisotopic (exact) mass is 410 g/mol. The number of carbonyl (C=O) groups excluding carboxylic acids is 2. The van der Waals surface area contributed by atoms with Gasteiger partial charge in [0.2, 0.25) is 5.91 Å². The van der Waals surface area contributed by atoms with Crippen LogP contribution in [-0.4, -0.2) is 35.4 Å². The number of amides is 2. The van der Waals surface area contributed by atoms with Crippen molar-refractivity contribution in [3.8, 4) is 5.75 Å². The van der Waals surface area contributed by atoms with Gasteiger partial charge in [-0.1, -0.05) is 56.3 Å². The number of nitrogens with one attached hydrogen (secondary N) is 1. The molecule has 0 aliphatic carbocycles. The van der Waals surface area contributed by atoms with E-state index in [1.807, 2.05) is 83.1 Å². The van der Waals surface area contributed by atoms with Crippen molar-refractivity contribution < 1.29 is 14.3 Å². The van der Waals surface area contributed by atoms with Gasteiger partial charge in [0, 0.05) is 12.6 Å². The molecule has 0 unspecified atom stereocenters. The van der Waals surface area contributed by atoms with Crippen LogP contribution in [0.4, 0.5) is 0 Å². The standard InChI is InChI=1S/C25H34N2O3/c1-6-20(5)26-25(29)22(7-2)27(16-21-14-10-8-12-18(21)3)24(28)17-30-23-15-11-9-13-19(23)4/h8-15,20,22H,6-7,16-17H2,1-5H3,(H,26,29)/t20-,22-/m0/s1. The van der Waals surface area contributed by atoms with Crippen LogP contribution in [0.15, 0.2) is 48.5 Å². The number of nitrogens with zero attached hydrogens (tertiary/aromatic N) is 1. The largest absolute Gasteiger partial charge is 0.484 e. The van der Waals surface area contributed by atoms with Crippen LogP contribution < -0.4 is 10.1 Å². The van der Waals surface area contributed by atoms with Crippen molar-refractivity contribution in [2.24, 2.45) is 0 Å². The molecule has 5 heteroatoms. The summed E-state index contributed by atoms with van der Waals surface area (Å²) in [6, 6.07) is 15.1. The lowest BCUT2D eigenvalue weighted by molar-refractivity contribution is -0.143. The maximum absolute atomic E-state index is 13.2. The lowest BCUT2D eigenvalue weighted by Gasteiger charge is -2.31. The quantitative estimate of drug-likeness (QED) is 0.631. The molecule has 0 saturated heterocycles. The van der Waals surface area contributed by atoms with Crippen LogP contribution in [0.25, 0.3) is 0 Å². The minimum absolute atomic E-state index is 0.0604. The SMILES string of the molecule is CC[C@H](C)NC(=O)[C@H](CC)N(Cc1ccccc1C)C(=O)COc1ccccc1C. The molecule has 2 aromatic carbocycles. The molecule has 0 bridgehead atoms. The van der Waals surface area contributed by atoms with Crippen molar-refractivity contribution in [1.29, 1.82) is 0 Å². The fraction of sp³-hybridized carbons (Fsp3) is 0.440. The van der Waals surface area contributed by atoms with E-state index in [1.54, 1.807) is 4.90 Å². The lowest BCUT2D eigenvalue weighted by atomic mass is 10.1. The molecule has 30 heavy (non-hydrogen) atoms. The Bertz CT molecular complexity index is 850. The van der Waals surface area contributed by atoms with Crippen molar-refractivity contribution >= 4 is 11.8 Å². The molecule has 162 valence electrons. The minimum Gasteiger partial charge on any atom is -0.484 e. The van der Waals surface area contributed by atoms with Gasteiger partial charge < -0.3 is 15.0 Å². The average Bonchev–Trinajstić information content (AvgIpc) is 2.74. The van der Waals surface area contributed by atoms with Crippen LogP contribution in [-0.2, 0) is 16.1 Å². The fourth-order valence-corrected chi connectivity index (χ4v) is 3.27. The van der Waals surface area contributed by atoms with Crippen molar-refractivity contribution in [3.63, 3.8) is 0 Å². The first-order chi connectivity index (χ1) is 14.4. The number of hydrogen-bond donors (Lipinski definition) is 1. The van der Waals surface area contributed by atoms with Gasteiger partial charge in [-0.2, -0.15) is 0 Å². The predicted octanol–water partition coefficient (Wildman–Crippen LogP) is 4.40. The number of ether oxygens (including phenoxy) is 1. The second-order valence-corrected chi connectivity index (χ2v) is 7.74. The zero-order valence-electron chi connectivity index (χ0n) is 18.8. The van der Waals surface area contributed by atoms with E-state index in [1.165, 1.54) is 0 Å². The molecule has 0 aromatic heterocycles. The molecule has 2 amide bonds. The van der Waals surface area contributed by atoms with Gasteiger partial charge in [0.1, 0.15) is 11.8 Å². The molecule has 2 rings (SSSR count). The van der Waals surface area contributed by atoms with E-state index in [0.717, 1.165) is 23.1 Å². The van der Waals surface area contributed by atoms with E-state index >= 15 is 0 Å². The van der Waals surface area contributed by atoms with E-state index in [4.69, 9.17) is 4.74 Å². The van der Waals surface area contributed by atoms with Crippen LogP contribution in [0.3, 0.4) is 0 Å². The first-order valence-electron chi connectivity index (χ1n) is 10.7.